The number of carboxylic acid groups (broad SMARTS) is 1. The quantitative estimate of drug-likeness (QED) is 0.806. The third-order valence-electron chi connectivity index (χ3n) is 5.74. The fraction of sp³-hybridized carbons (Fsp3) is 0.600. The number of hydrogen-bond donors (Lipinski definition) is 1. The van der Waals surface area contributed by atoms with E-state index >= 15 is 0 Å². The molecule has 0 unspecified atom stereocenters. The number of aromatic nitrogens is 1. The number of methoxy groups -OCH3 is 1. The molecule has 1 aromatic heterocycles. The molecular formula is C20H26N2O6. The van der Waals surface area contributed by atoms with E-state index in [0.717, 1.165) is 37.5 Å². The number of amides is 1. The molecule has 2 atom stereocenters. The summed E-state index contributed by atoms with van der Waals surface area (Å²) in [4.78, 5) is 12.5. The number of piperidine rings is 1. The fourth-order valence-corrected chi connectivity index (χ4v) is 4.08. The van der Waals surface area contributed by atoms with Crippen molar-refractivity contribution in [1.82, 2.24) is 10.1 Å². The number of hydrogen-bond acceptors (Lipinski definition) is 6. The third-order valence-corrected chi connectivity index (χ3v) is 5.74. The highest BCUT2D eigenvalue weighted by Gasteiger charge is 2.30. The van der Waals surface area contributed by atoms with Crippen LogP contribution < -0.4 is 9.47 Å². The molecule has 0 spiro atoms. The highest BCUT2D eigenvalue weighted by atomic mass is 16.5. The Bertz CT molecular complexity index is 814. The van der Waals surface area contributed by atoms with Gasteiger partial charge in [-0.3, -0.25) is 0 Å². The van der Waals surface area contributed by atoms with Crippen LogP contribution in [0.1, 0.15) is 32.1 Å². The van der Waals surface area contributed by atoms with Gasteiger partial charge in [-0.05, 0) is 55.3 Å². The summed E-state index contributed by atoms with van der Waals surface area (Å²) in [5, 5.41) is 13.9. The minimum absolute atomic E-state index is 0.0127. The summed E-state index contributed by atoms with van der Waals surface area (Å²) >= 11 is 0. The van der Waals surface area contributed by atoms with Crippen LogP contribution >= 0.6 is 0 Å². The van der Waals surface area contributed by atoms with Crippen molar-refractivity contribution in [1.29, 1.82) is 0 Å². The first-order chi connectivity index (χ1) is 13.7. The van der Waals surface area contributed by atoms with Gasteiger partial charge in [0, 0.05) is 20.2 Å². The lowest BCUT2D eigenvalue weighted by Gasteiger charge is -2.29. The van der Waals surface area contributed by atoms with Crippen LogP contribution in [0.25, 0.3) is 11.0 Å². The van der Waals surface area contributed by atoms with Gasteiger partial charge in [-0.1, -0.05) is 6.07 Å². The zero-order valence-electron chi connectivity index (χ0n) is 16.0. The highest BCUT2D eigenvalue weighted by molar-refractivity contribution is 5.88. The Kier molecular flexibility index (Phi) is 5.57. The average molecular weight is 390 g/mol. The van der Waals surface area contributed by atoms with Crippen LogP contribution in [-0.4, -0.2) is 60.3 Å². The van der Waals surface area contributed by atoms with Crippen molar-refractivity contribution in [3.63, 3.8) is 0 Å². The molecule has 1 N–H and O–H groups in total. The lowest BCUT2D eigenvalue weighted by molar-refractivity contribution is 0.0235. The van der Waals surface area contributed by atoms with Gasteiger partial charge >= 0.3 is 6.09 Å². The Labute approximate surface area is 163 Å². The minimum atomic E-state index is -0.857. The van der Waals surface area contributed by atoms with Crippen molar-refractivity contribution in [3.8, 4) is 11.6 Å². The Morgan fingerprint density at radius 3 is 2.79 bits per heavy atom. The molecule has 8 nitrogen and oxygen atoms in total. The van der Waals surface area contributed by atoms with E-state index in [4.69, 9.17) is 23.8 Å². The van der Waals surface area contributed by atoms with Crippen molar-refractivity contribution in [2.45, 2.75) is 44.3 Å². The van der Waals surface area contributed by atoms with Gasteiger partial charge in [0.25, 0.3) is 5.88 Å². The second-order valence-corrected chi connectivity index (χ2v) is 7.50. The Balaban J connectivity index is 1.44. The van der Waals surface area contributed by atoms with Crippen LogP contribution in [0.2, 0.25) is 0 Å². The largest absolute Gasteiger partial charge is 0.487 e. The SMILES string of the molecule is CO[C@H]1CCC[C@@H]1Oc1cccc2onc(OCC3CCN(C(=O)O)CC3)c12. The van der Waals surface area contributed by atoms with Crippen LogP contribution in [-0.2, 0) is 4.74 Å². The third kappa shape index (κ3) is 3.87. The first kappa shape index (κ1) is 18.9. The molecule has 2 heterocycles. The highest BCUT2D eigenvalue weighted by Crippen LogP contribution is 2.37. The first-order valence-electron chi connectivity index (χ1n) is 9.84. The van der Waals surface area contributed by atoms with Crippen LogP contribution in [0.4, 0.5) is 4.79 Å². The van der Waals surface area contributed by atoms with E-state index in [1.165, 1.54) is 4.90 Å². The van der Waals surface area contributed by atoms with Crippen molar-refractivity contribution in [2.75, 3.05) is 26.8 Å². The van der Waals surface area contributed by atoms with Crippen LogP contribution in [0.5, 0.6) is 11.6 Å². The molecule has 152 valence electrons. The summed E-state index contributed by atoms with van der Waals surface area (Å²) in [5.74, 6) is 1.42. The monoisotopic (exact) mass is 390 g/mol. The van der Waals surface area contributed by atoms with E-state index < -0.39 is 6.09 Å². The normalized spacial score (nSPS) is 23.2. The molecule has 4 rings (SSSR count). The first-order valence-corrected chi connectivity index (χ1v) is 9.84. The summed E-state index contributed by atoms with van der Waals surface area (Å²) in [6, 6.07) is 5.63. The standard InChI is InChI=1S/C20H26N2O6/c1-25-14-4-2-5-15(14)27-16-6-3-7-17-18(16)19(21-28-17)26-12-13-8-10-22(11-9-13)20(23)24/h3,6-7,13-15H,2,4-5,8-12H2,1H3,(H,23,24)/t14-,15-/m0/s1. The van der Waals surface area contributed by atoms with Crippen molar-refractivity contribution in [2.24, 2.45) is 5.92 Å². The van der Waals surface area contributed by atoms with Crippen LogP contribution in [0, 0.1) is 5.92 Å². The van der Waals surface area contributed by atoms with Gasteiger partial charge in [-0.25, -0.2) is 4.79 Å². The minimum Gasteiger partial charge on any atom is -0.487 e. The molecule has 1 aliphatic heterocycles. The zero-order chi connectivity index (χ0) is 19.5. The summed E-state index contributed by atoms with van der Waals surface area (Å²) in [5.41, 5.74) is 0.625. The van der Waals surface area contributed by atoms with Crippen molar-refractivity contribution < 1.29 is 28.6 Å². The maximum Gasteiger partial charge on any atom is 0.407 e. The predicted octanol–water partition coefficient (Wildman–Crippen LogP) is 3.54. The predicted molar refractivity (Wildman–Crippen MR) is 101 cm³/mol. The van der Waals surface area contributed by atoms with Gasteiger partial charge < -0.3 is 28.7 Å². The van der Waals surface area contributed by atoms with Gasteiger partial charge in [-0.15, -0.1) is 0 Å². The Hall–Kier alpha value is -2.48. The fourth-order valence-electron chi connectivity index (χ4n) is 4.08. The molecule has 1 saturated carbocycles. The van der Waals surface area contributed by atoms with Crippen LogP contribution in [0.15, 0.2) is 22.7 Å². The second kappa shape index (κ2) is 8.26. The topological polar surface area (TPSA) is 94.3 Å². The smallest absolute Gasteiger partial charge is 0.407 e. The van der Waals surface area contributed by atoms with E-state index in [1.807, 2.05) is 18.2 Å². The number of fused-ring (bicyclic) bond motifs is 1. The van der Waals surface area contributed by atoms with E-state index in [2.05, 4.69) is 5.16 Å². The molecule has 8 heteroatoms. The van der Waals surface area contributed by atoms with E-state index in [-0.39, 0.29) is 12.2 Å². The maximum absolute atomic E-state index is 11.0. The van der Waals surface area contributed by atoms with Gasteiger partial charge in [0.05, 0.1) is 12.7 Å². The summed E-state index contributed by atoms with van der Waals surface area (Å²) in [6.45, 7) is 1.56. The molecule has 1 aliphatic carbocycles. The van der Waals surface area contributed by atoms with E-state index in [0.29, 0.717) is 42.8 Å². The van der Waals surface area contributed by atoms with Gasteiger partial charge in [-0.2, -0.15) is 0 Å². The number of carbonyl (C=O) groups is 1. The number of rotatable bonds is 6. The Morgan fingerprint density at radius 2 is 2.04 bits per heavy atom. The molecule has 2 fully saturated rings. The molecule has 2 aromatic rings. The lowest BCUT2D eigenvalue weighted by atomic mass is 9.98. The lowest BCUT2D eigenvalue weighted by Crippen LogP contribution is -2.38. The molecule has 0 radical (unpaired) electrons. The van der Waals surface area contributed by atoms with Gasteiger partial charge in [0.2, 0.25) is 0 Å². The molecule has 2 aliphatic rings. The van der Waals surface area contributed by atoms with E-state index in [9.17, 15) is 4.79 Å². The average Bonchev–Trinajstić information content (AvgIpc) is 3.33. The molecule has 1 aromatic carbocycles. The summed E-state index contributed by atoms with van der Waals surface area (Å²) < 4.78 is 23.2. The molecule has 1 saturated heterocycles. The second-order valence-electron chi connectivity index (χ2n) is 7.50. The van der Waals surface area contributed by atoms with Gasteiger partial charge in [0.1, 0.15) is 17.2 Å². The number of benzene rings is 1. The van der Waals surface area contributed by atoms with Crippen LogP contribution in [0.3, 0.4) is 0 Å². The molecule has 28 heavy (non-hydrogen) atoms. The summed E-state index contributed by atoms with van der Waals surface area (Å²) in [6.07, 6.45) is 3.85. The number of ether oxygens (including phenoxy) is 3. The molecule has 0 bridgehead atoms. The number of likely N-dealkylation sites (tertiary alicyclic amines) is 1. The molecular weight excluding hydrogens is 364 g/mol. The van der Waals surface area contributed by atoms with Gasteiger partial charge in [0.15, 0.2) is 5.58 Å². The molecule has 1 amide bonds. The van der Waals surface area contributed by atoms with Crippen molar-refractivity contribution >= 4 is 17.1 Å². The van der Waals surface area contributed by atoms with Crippen molar-refractivity contribution in [3.05, 3.63) is 18.2 Å². The Morgan fingerprint density at radius 1 is 1.25 bits per heavy atom. The number of nitrogens with zero attached hydrogens (tertiary/aromatic N) is 2. The zero-order valence-corrected chi connectivity index (χ0v) is 16.0. The summed E-state index contributed by atoms with van der Waals surface area (Å²) in [7, 11) is 1.72. The van der Waals surface area contributed by atoms with E-state index in [1.54, 1.807) is 7.11 Å². The maximum atomic E-state index is 11.0.